The number of carbonyl (C=O) groups is 2. The van der Waals surface area contributed by atoms with E-state index in [0.717, 1.165) is 15.7 Å². The largest absolute Gasteiger partial charge is 0.388 e. The van der Waals surface area contributed by atoms with E-state index in [0.29, 0.717) is 9.75 Å². The summed E-state index contributed by atoms with van der Waals surface area (Å²) in [5.41, 5.74) is 0. The van der Waals surface area contributed by atoms with Crippen molar-refractivity contribution in [1.82, 2.24) is 0 Å². The van der Waals surface area contributed by atoms with Gasteiger partial charge in [-0.05, 0) is 12.1 Å². The molecule has 0 aromatic carbocycles. The van der Waals surface area contributed by atoms with Crippen molar-refractivity contribution < 1.29 is 14.7 Å². The Balaban J connectivity index is 2.49. The Morgan fingerprint density at radius 3 is 2.79 bits per heavy atom. The van der Waals surface area contributed by atoms with Gasteiger partial charge < -0.3 is 5.11 Å². The predicted molar refractivity (Wildman–Crippen MR) is 56.5 cm³/mol. The number of hydrogen-bond acceptors (Lipinski definition) is 5. The molecule has 0 spiro atoms. The van der Waals surface area contributed by atoms with Gasteiger partial charge in [0.1, 0.15) is 6.61 Å². The van der Waals surface area contributed by atoms with E-state index in [1.807, 2.05) is 0 Å². The van der Waals surface area contributed by atoms with Crippen LogP contribution in [-0.2, 0) is 0 Å². The Morgan fingerprint density at radius 1 is 1.43 bits per heavy atom. The lowest BCUT2D eigenvalue weighted by Crippen LogP contribution is -2.00. The first-order chi connectivity index (χ1) is 6.74. The first-order valence-corrected chi connectivity index (χ1v) is 5.50. The minimum Gasteiger partial charge on any atom is -0.388 e. The Kier molecular flexibility index (Phi) is 2.45. The molecule has 1 N–H and O–H groups in total. The Labute approximate surface area is 87.6 Å². The summed E-state index contributed by atoms with van der Waals surface area (Å²) >= 11 is 2.68. The van der Waals surface area contributed by atoms with Gasteiger partial charge in [-0.3, -0.25) is 9.59 Å². The molecule has 3 nitrogen and oxygen atoms in total. The molecule has 2 rings (SSSR count). The third-order valence-corrected chi connectivity index (χ3v) is 4.13. The van der Waals surface area contributed by atoms with Gasteiger partial charge in [-0.2, -0.15) is 0 Å². The summed E-state index contributed by atoms with van der Waals surface area (Å²) in [6, 6.07) is 3.46. The molecule has 0 aliphatic rings. The first kappa shape index (κ1) is 9.51. The molecule has 0 fully saturated rings. The molecular weight excluding hydrogens is 220 g/mol. The van der Waals surface area contributed by atoms with E-state index >= 15 is 0 Å². The van der Waals surface area contributed by atoms with Crippen molar-refractivity contribution in [3.63, 3.8) is 0 Å². The summed E-state index contributed by atoms with van der Waals surface area (Å²) in [5.74, 6) is -0.272. The molecule has 72 valence electrons. The molecule has 0 saturated carbocycles. The highest BCUT2D eigenvalue weighted by Gasteiger charge is 2.11. The summed E-state index contributed by atoms with van der Waals surface area (Å²) in [6.07, 6.45) is 0.797. The maximum absolute atomic E-state index is 11.1. The number of Topliss-reactive ketones (excluding diaryl/α,β-unsaturated/α-hetero) is 1. The van der Waals surface area contributed by atoms with Crippen molar-refractivity contribution in [2.75, 3.05) is 6.61 Å². The van der Waals surface area contributed by atoms with Gasteiger partial charge in [0.2, 0.25) is 0 Å². The number of aliphatic hydroxyl groups is 1. The van der Waals surface area contributed by atoms with Gasteiger partial charge in [0.15, 0.2) is 12.1 Å². The van der Waals surface area contributed by atoms with E-state index in [2.05, 4.69) is 0 Å². The number of hydrogen-bond donors (Lipinski definition) is 1. The second kappa shape index (κ2) is 3.61. The molecule has 0 saturated heterocycles. The Morgan fingerprint density at radius 2 is 2.21 bits per heavy atom. The highest BCUT2D eigenvalue weighted by molar-refractivity contribution is 7.39. The van der Waals surface area contributed by atoms with E-state index in [-0.39, 0.29) is 5.78 Å². The fourth-order valence-corrected chi connectivity index (χ4v) is 3.34. The van der Waals surface area contributed by atoms with Crippen molar-refractivity contribution in [1.29, 1.82) is 0 Å². The lowest BCUT2D eigenvalue weighted by Gasteiger charge is -1.87. The van der Waals surface area contributed by atoms with Crippen LogP contribution >= 0.6 is 22.7 Å². The van der Waals surface area contributed by atoms with Crippen LogP contribution in [0.5, 0.6) is 0 Å². The summed E-state index contributed by atoms with van der Waals surface area (Å²) < 4.78 is 0.948. The lowest BCUT2D eigenvalue weighted by molar-refractivity contribution is 0.0908. The van der Waals surface area contributed by atoms with Crippen molar-refractivity contribution >= 4 is 44.1 Å². The highest BCUT2D eigenvalue weighted by Crippen LogP contribution is 2.32. The molecule has 0 amide bonds. The molecule has 2 aromatic heterocycles. The summed E-state index contributed by atoms with van der Waals surface area (Å²) in [6.45, 7) is -0.464. The molecule has 2 aromatic rings. The number of aldehydes is 1. The number of ketones is 1. The van der Waals surface area contributed by atoms with Gasteiger partial charge in [-0.25, -0.2) is 0 Å². The summed E-state index contributed by atoms with van der Waals surface area (Å²) in [7, 11) is 0. The van der Waals surface area contributed by atoms with Gasteiger partial charge in [-0.1, -0.05) is 0 Å². The zero-order valence-electron chi connectivity index (χ0n) is 7.02. The second-order valence-corrected chi connectivity index (χ2v) is 5.10. The fraction of sp³-hybridized carbons (Fsp3) is 0.111. The first-order valence-electron chi connectivity index (χ1n) is 3.87. The molecule has 0 unspecified atom stereocenters. The second-order valence-electron chi connectivity index (χ2n) is 2.70. The normalized spacial score (nSPS) is 10.6. The molecule has 2 heterocycles. The minimum absolute atomic E-state index is 0.272. The zero-order valence-corrected chi connectivity index (χ0v) is 8.65. The summed E-state index contributed by atoms with van der Waals surface area (Å²) in [4.78, 5) is 22.8. The van der Waals surface area contributed by atoms with Gasteiger partial charge in [-0.15, -0.1) is 22.7 Å². The smallest absolute Gasteiger partial charge is 0.198 e. The van der Waals surface area contributed by atoms with E-state index in [1.54, 1.807) is 12.1 Å². The van der Waals surface area contributed by atoms with Crippen LogP contribution < -0.4 is 0 Å². The van der Waals surface area contributed by atoms with Crippen LogP contribution in [0, 0.1) is 0 Å². The molecular formula is C9H6O3S2. The third-order valence-electron chi connectivity index (χ3n) is 1.77. The lowest BCUT2D eigenvalue weighted by atomic mass is 10.3. The fourth-order valence-electron chi connectivity index (χ4n) is 1.13. The van der Waals surface area contributed by atoms with E-state index in [9.17, 15) is 9.59 Å². The Hall–Kier alpha value is -1.04. The van der Waals surface area contributed by atoms with Crippen LogP contribution in [0.15, 0.2) is 12.1 Å². The maximum atomic E-state index is 11.1. The van der Waals surface area contributed by atoms with Crippen molar-refractivity contribution in [3.8, 4) is 0 Å². The van der Waals surface area contributed by atoms with Crippen molar-refractivity contribution in [3.05, 3.63) is 21.9 Å². The molecule has 0 aliphatic carbocycles. The van der Waals surface area contributed by atoms with E-state index < -0.39 is 6.61 Å². The zero-order chi connectivity index (χ0) is 10.1. The number of carbonyl (C=O) groups excluding carboxylic acids is 2. The number of fused-ring (bicyclic) bond motifs is 1. The van der Waals surface area contributed by atoms with Gasteiger partial charge in [0, 0.05) is 5.39 Å². The molecule has 5 heteroatoms. The molecule has 0 aliphatic heterocycles. The monoisotopic (exact) mass is 226 g/mol. The summed E-state index contributed by atoms with van der Waals surface area (Å²) in [5, 5.41) is 9.56. The predicted octanol–water partition coefficient (Wildman–Crippen LogP) is 1.95. The highest BCUT2D eigenvalue weighted by atomic mass is 32.2. The van der Waals surface area contributed by atoms with Gasteiger partial charge in [0.25, 0.3) is 0 Å². The van der Waals surface area contributed by atoms with Crippen LogP contribution in [0.3, 0.4) is 0 Å². The van der Waals surface area contributed by atoms with E-state index in [4.69, 9.17) is 5.11 Å². The van der Waals surface area contributed by atoms with Crippen LogP contribution in [0.2, 0.25) is 0 Å². The van der Waals surface area contributed by atoms with Crippen LogP contribution in [0.25, 0.3) is 9.40 Å². The number of thiophene rings is 2. The average Bonchev–Trinajstić information content (AvgIpc) is 2.72. The van der Waals surface area contributed by atoms with Gasteiger partial charge in [0.05, 0.1) is 13.8 Å². The van der Waals surface area contributed by atoms with E-state index in [1.165, 1.54) is 22.7 Å². The Bertz CT molecular complexity index is 464. The van der Waals surface area contributed by atoms with Crippen molar-refractivity contribution in [2.45, 2.75) is 0 Å². The minimum atomic E-state index is -0.464. The quantitative estimate of drug-likeness (QED) is 0.643. The van der Waals surface area contributed by atoms with Crippen LogP contribution in [0.1, 0.15) is 19.3 Å². The van der Waals surface area contributed by atoms with Gasteiger partial charge >= 0.3 is 0 Å². The molecule has 14 heavy (non-hydrogen) atoms. The standard InChI is InChI=1S/C9H6O3S2/c10-3-6-1-5-2-8(7(12)4-11)14-9(5)13-6/h1-3,11H,4H2. The topological polar surface area (TPSA) is 54.4 Å². The molecule has 0 atom stereocenters. The van der Waals surface area contributed by atoms with Crippen molar-refractivity contribution in [2.24, 2.45) is 0 Å². The average molecular weight is 226 g/mol. The number of rotatable bonds is 3. The van der Waals surface area contributed by atoms with Crippen LogP contribution in [-0.4, -0.2) is 23.8 Å². The third kappa shape index (κ3) is 1.50. The maximum Gasteiger partial charge on any atom is 0.198 e. The molecule has 0 radical (unpaired) electrons. The number of aliphatic hydroxyl groups excluding tert-OH is 1. The molecule has 0 bridgehead atoms. The SMILES string of the molecule is O=Cc1cc2cc(C(=O)CO)sc2s1. The van der Waals surface area contributed by atoms with Crippen LogP contribution in [0.4, 0.5) is 0 Å².